The second kappa shape index (κ2) is 40.1. The first-order chi connectivity index (χ1) is 25.8. The summed E-state index contributed by atoms with van der Waals surface area (Å²) in [6.45, 7) is 11.3. The molecule has 0 bridgehead atoms. The Balaban J connectivity index is 4.33. The second-order valence-electron chi connectivity index (χ2n) is 16.8. The van der Waals surface area contributed by atoms with E-state index in [0.29, 0.717) is 19.3 Å². The molecule has 6 heteroatoms. The van der Waals surface area contributed by atoms with Crippen LogP contribution in [0.25, 0.3) is 0 Å². The lowest BCUT2D eigenvalue weighted by molar-refractivity contribution is -0.167. The summed E-state index contributed by atoms with van der Waals surface area (Å²) >= 11 is 0. The fraction of sp³-hybridized carbons (Fsp3) is 0.936. The van der Waals surface area contributed by atoms with Gasteiger partial charge in [0.25, 0.3) is 0 Å². The number of carbonyl (C=O) groups is 3. The zero-order valence-corrected chi connectivity index (χ0v) is 36.1. The third-order valence-corrected chi connectivity index (χ3v) is 10.8. The molecule has 0 aliphatic heterocycles. The topological polar surface area (TPSA) is 78.9 Å². The number of carbonyl (C=O) groups excluding carboxylic acids is 3. The normalized spacial score (nSPS) is 12.6. The Bertz CT molecular complexity index is 811. The van der Waals surface area contributed by atoms with Crippen molar-refractivity contribution in [3.05, 3.63) is 0 Å². The molecule has 0 aliphatic rings. The van der Waals surface area contributed by atoms with Gasteiger partial charge in [-0.2, -0.15) is 0 Å². The van der Waals surface area contributed by atoms with Crippen molar-refractivity contribution >= 4 is 17.9 Å². The molecule has 0 rings (SSSR count). The summed E-state index contributed by atoms with van der Waals surface area (Å²) in [7, 11) is 0. The molecule has 53 heavy (non-hydrogen) atoms. The van der Waals surface area contributed by atoms with Gasteiger partial charge in [-0.15, -0.1) is 0 Å². The average molecular weight is 751 g/mol. The molecular weight excluding hydrogens is 661 g/mol. The Kier molecular flexibility index (Phi) is 38.9. The molecule has 0 aromatic heterocycles. The summed E-state index contributed by atoms with van der Waals surface area (Å²) in [5.41, 5.74) is 0. The minimum atomic E-state index is -0.760. The van der Waals surface area contributed by atoms with Crippen LogP contribution in [0, 0.1) is 11.8 Å². The van der Waals surface area contributed by atoms with Gasteiger partial charge in [0.2, 0.25) is 0 Å². The van der Waals surface area contributed by atoms with E-state index in [-0.39, 0.29) is 31.1 Å². The Hall–Kier alpha value is -1.59. The fourth-order valence-corrected chi connectivity index (χ4v) is 6.90. The van der Waals surface area contributed by atoms with Crippen LogP contribution in [0.4, 0.5) is 0 Å². The van der Waals surface area contributed by atoms with Gasteiger partial charge in [0.15, 0.2) is 6.10 Å². The van der Waals surface area contributed by atoms with Crippen LogP contribution in [-0.4, -0.2) is 37.2 Å². The Labute approximate surface area is 329 Å². The van der Waals surface area contributed by atoms with Gasteiger partial charge >= 0.3 is 17.9 Å². The molecule has 0 amide bonds. The number of esters is 3. The van der Waals surface area contributed by atoms with E-state index in [2.05, 4.69) is 34.6 Å². The van der Waals surface area contributed by atoms with Crippen LogP contribution >= 0.6 is 0 Å². The van der Waals surface area contributed by atoms with Crippen LogP contribution in [0.5, 0.6) is 0 Å². The Morgan fingerprint density at radius 3 is 1.08 bits per heavy atom. The fourth-order valence-electron chi connectivity index (χ4n) is 6.90. The number of hydrogen-bond acceptors (Lipinski definition) is 6. The number of rotatable bonds is 41. The van der Waals surface area contributed by atoms with E-state index in [9.17, 15) is 14.4 Å². The highest BCUT2D eigenvalue weighted by Gasteiger charge is 2.19. The molecule has 0 fully saturated rings. The van der Waals surface area contributed by atoms with Gasteiger partial charge < -0.3 is 14.2 Å². The van der Waals surface area contributed by atoms with Crippen LogP contribution in [-0.2, 0) is 28.6 Å². The molecule has 0 saturated heterocycles. The summed E-state index contributed by atoms with van der Waals surface area (Å²) in [5.74, 6) is 0.782. The van der Waals surface area contributed by atoms with Gasteiger partial charge in [-0.1, -0.05) is 214 Å². The highest BCUT2D eigenvalue weighted by atomic mass is 16.6. The monoisotopic (exact) mass is 751 g/mol. The van der Waals surface area contributed by atoms with E-state index in [4.69, 9.17) is 14.2 Å². The first kappa shape index (κ1) is 51.4. The van der Waals surface area contributed by atoms with Crippen molar-refractivity contribution in [2.75, 3.05) is 13.2 Å². The summed E-state index contributed by atoms with van der Waals surface area (Å²) in [6, 6.07) is 0. The molecule has 314 valence electrons. The predicted molar refractivity (Wildman–Crippen MR) is 224 cm³/mol. The highest BCUT2D eigenvalue weighted by Crippen LogP contribution is 2.17. The summed E-state index contributed by atoms with van der Waals surface area (Å²) in [5, 5.41) is 0. The second-order valence-corrected chi connectivity index (χ2v) is 16.8. The van der Waals surface area contributed by atoms with Crippen molar-refractivity contribution in [1.29, 1.82) is 0 Å². The first-order valence-electron chi connectivity index (χ1n) is 23.3. The maximum Gasteiger partial charge on any atom is 0.306 e. The van der Waals surface area contributed by atoms with Crippen molar-refractivity contribution in [3.8, 4) is 0 Å². The van der Waals surface area contributed by atoms with Crippen LogP contribution in [0.15, 0.2) is 0 Å². The summed E-state index contributed by atoms with van der Waals surface area (Å²) < 4.78 is 16.7. The van der Waals surface area contributed by atoms with E-state index in [1.165, 1.54) is 141 Å². The third kappa shape index (κ3) is 39.9. The van der Waals surface area contributed by atoms with Crippen molar-refractivity contribution in [2.24, 2.45) is 11.8 Å². The summed E-state index contributed by atoms with van der Waals surface area (Å²) in [6.07, 6.45) is 38.0. The largest absolute Gasteiger partial charge is 0.462 e. The number of hydrogen-bond donors (Lipinski definition) is 0. The smallest absolute Gasteiger partial charge is 0.306 e. The average Bonchev–Trinajstić information content (AvgIpc) is 3.14. The predicted octanol–water partition coefficient (Wildman–Crippen LogP) is 14.6. The molecule has 0 aromatic carbocycles. The van der Waals surface area contributed by atoms with Gasteiger partial charge in [-0.3, -0.25) is 14.4 Å². The molecular formula is C47H90O6. The lowest BCUT2D eigenvalue weighted by Crippen LogP contribution is -2.30. The van der Waals surface area contributed by atoms with E-state index in [1.54, 1.807) is 0 Å². The molecule has 0 aromatic rings. The molecule has 0 N–H and O–H groups in total. The molecule has 0 spiro atoms. The lowest BCUT2D eigenvalue weighted by Gasteiger charge is -2.18. The standard InChI is InChI=1S/C47H90O6/c1-6-8-9-10-11-12-14-19-22-29-34-39-47(50)53-44(41-52-46(49)38-33-28-24-23-26-31-36-43(5)7-2)40-51-45(48)37-32-27-21-18-16-13-15-17-20-25-30-35-42(3)4/h42-44H,6-41H2,1-5H3/t43?,44-/m1/s1. The van der Waals surface area contributed by atoms with Crippen LogP contribution in [0.1, 0.15) is 253 Å². The third-order valence-electron chi connectivity index (χ3n) is 10.8. The lowest BCUT2D eigenvalue weighted by atomic mass is 10.00. The van der Waals surface area contributed by atoms with E-state index >= 15 is 0 Å². The molecule has 0 aliphatic carbocycles. The SMILES string of the molecule is CCCCCCCCCCCCCC(=O)O[C@H](COC(=O)CCCCCCCCCCCCCC(C)C)COC(=O)CCCCCCCCC(C)CC. The molecule has 2 atom stereocenters. The van der Waals surface area contributed by atoms with Crippen molar-refractivity contribution in [3.63, 3.8) is 0 Å². The summed E-state index contributed by atoms with van der Waals surface area (Å²) in [4.78, 5) is 37.7. The maximum atomic E-state index is 12.7. The van der Waals surface area contributed by atoms with Crippen molar-refractivity contribution < 1.29 is 28.6 Å². The highest BCUT2D eigenvalue weighted by molar-refractivity contribution is 5.71. The number of unbranched alkanes of at least 4 members (excludes halogenated alkanes) is 25. The molecule has 6 nitrogen and oxygen atoms in total. The minimum Gasteiger partial charge on any atom is -0.462 e. The van der Waals surface area contributed by atoms with Gasteiger partial charge in [0.1, 0.15) is 13.2 Å². The first-order valence-corrected chi connectivity index (χ1v) is 23.3. The number of ether oxygens (including phenoxy) is 3. The van der Waals surface area contributed by atoms with Crippen LogP contribution in [0.3, 0.4) is 0 Å². The Morgan fingerprint density at radius 1 is 0.396 bits per heavy atom. The zero-order chi connectivity index (χ0) is 39.0. The Morgan fingerprint density at radius 2 is 0.717 bits per heavy atom. The van der Waals surface area contributed by atoms with Crippen LogP contribution < -0.4 is 0 Å². The maximum absolute atomic E-state index is 12.7. The minimum absolute atomic E-state index is 0.0653. The zero-order valence-electron chi connectivity index (χ0n) is 36.1. The van der Waals surface area contributed by atoms with Gasteiger partial charge in [-0.25, -0.2) is 0 Å². The van der Waals surface area contributed by atoms with Gasteiger partial charge in [0.05, 0.1) is 0 Å². The quantitative estimate of drug-likeness (QED) is 0.0352. The van der Waals surface area contributed by atoms with Gasteiger partial charge in [0, 0.05) is 19.3 Å². The molecule has 0 heterocycles. The van der Waals surface area contributed by atoms with Gasteiger partial charge in [-0.05, 0) is 31.1 Å². The molecule has 0 radical (unpaired) electrons. The van der Waals surface area contributed by atoms with E-state index < -0.39 is 6.10 Å². The molecule has 0 saturated carbocycles. The van der Waals surface area contributed by atoms with Crippen molar-refractivity contribution in [2.45, 2.75) is 259 Å². The van der Waals surface area contributed by atoms with E-state index in [0.717, 1.165) is 69.6 Å². The van der Waals surface area contributed by atoms with E-state index in [1.807, 2.05) is 0 Å². The van der Waals surface area contributed by atoms with Crippen molar-refractivity contribution in [1.82, 2.24) is 0 Å². The molecule has 1 unspecified atom stereocenters. The van der Waals surface area contributed by atoms with Crippen LogP contribution in [0.2, 0.25) is 0 Å².